The topological polar surface area (TPSA) is 50.5 Å². The predicted molar refractivity (Wildman–Crippen MR) is 113 cm³/mol. The molecule has 0 saturated heterocycles. The first-order chi connectivity index (χ1) is 13.7. The molecule has 1 aromatic heterocycles. The summed E-state index contributed by atoms with van der Waals surface area (Å²) in [5.41, 5.74) is 1.77. The van der Waals surface area contributed by atoms with Crippen molar-refractivity contribution in [2.75, 3.05) is 12.8 Å². The SMILES string of the molecule is CCCCCN1C(=O)c2oc3ccccc3c(=O)c2C1c1ccc(SC)cc1. The van der Waals surface area contributed by atoms with Crippen LogP contribution < -0.4 is 5.43 Å². The van der Waals surface area contributed by atoms with Crippen molar-refractivity contribution in [3.63, 3.8) is 0 Å². The Morgan fingerprint density at radius 1 is 1.04 bits per heavy atom. The lowest BCUT2D eigenvalue weighted by molar-refractivity contribution is 0.0724. The molecular formula is C23H23NO3S. The molecule has 0 bridgehead atoms. The molecule has 1 amide bonds. The first-order valence-corrected chi connectivity index (χ1v) is 10.9. The van der Waals surface area contributed by atoms with Crippen molar-refractivity contribution >= 4 is 28.6 Å². The van der Waals surface area contributed by atoms with Crippen LogP contribution in [0, 0.1) is 0 Å². The van der Waals surface area contributed by atoms with Crippen molar-refractivity contribution in [1.82, 2.24) is 4.90 Å². The van der Waals surface area contributed by atoms with Gasteiger partial charge in [0.25, 0.3) is 5.91 Å². The molecule has 2 heterocycles. The number of benzene rings is 2. The minimum Gasteiger partial charge on any atom is -0.450 e. The fraction of sp³-hybridized carbons (Fsp3) is 0.304. The Kier molecular flexibility index (Phi) is 5.27. The van der Waals surface area contributed by atoms with Crippen LogP contribution in [-0.2, 0) is 0 Å². The summed E-state index contributed by atoms with van der Waals surface area (Å²) < 4.78 is 5.94. The van der Waals surface area contributed by atoms with Crippen molar-refractivity contribution in [1.29, 1.82) is 0 Å². The van der Waals surface area contributed by atoms with E-state index in [9.17, 15) is 9.59 Å². The van der Waals surface area contributed by atoms with Crippen LogP contribution in [0.15, 0.2) is 62.6 Å². The van der Waals surface area contributed by atoms with Gasteiger partial charge in [-0.3, -0.25) is 9.59 Å². The van der Waals surface area contributed by atoms with Gasteiger partial charge >= 0.3 is 0 Å². The van der Waals surface area contributed by atoms with E-state index in [1.807, 2.05) is 42.7 Å². The second-order valence-electron chi connectivity index (χ2n) is 7.05. The van der Waals surface area contributed by atoms with Crippen LogP contribution in [-0.4, -0.2) is 23.6 Å². The number of unbranched alkanes of at least 4 members (excludes halogenated alkanes) is 2. The molecular weight excluding hydrogens is 370 g/mol. The van der Waals surface area contributed by atoms with E-state index in [2.05, 4.69) is 6.92 Å². The number of para-hydroxylation sites is 1. The molecule has 1 aliphatic heterocycles. The molecule has 0 N–H and O–H groups in total. The standard InChI is InChI=1S/C23H23NO3S/c1-3-4-7-14-24-20(15-10-12-16(28-2)13-11-15)19-21(25)17-8-5-6-9-18(17)27-22(19)23(24)26/h5-6,8-13,20H,3-4,7,14H2,1-2H3. The number of thioether (sulfide) groups is 1. The maximum atomic E-state index is 13.3. The summed E-state index contributed by atoms with van der Waals surface area (Å²) in [5, 5.41) is 0.523. The minimum absolute atomic E-state index is 0.109. The van der Waals surface area contributed by atoms with E-state index in [1.165, 1.54) is 0 Å². The van der Waals surface area contributed by atoms with Crippen LogP contribution >= 0.6 is 11.8 Å². The van der Waals surface area contributed by atoms with E-state index in [0.717, 1.165) is 29.7 Å². The summed E-state index contributed by atoms with van der Waals surface area (Å²) in [7, 11) is 0. The minimum atomic E-state index is -0.392. The highest BCUT2D eigenvalue weighted by atomic mass is 32.2. The fourth-order valence-electron chi connectivity index (χ4n) is 3.86. The van der Waals surface area contributed by atoms with Gasteiger partial charge in [-0.15, -0.1) is 11.8 Å². The van der Waals surface area contributed by atoms with E-state index >= 15 is 0 Å². The molecule has 4 rings (SSSR count). The zero-order valence-electron chi connectivity index (χ0n) is 16.1. The van der Waals surface area contributed by atoms with Gasteiger partial charge in [0.05, 0.1) is 17.0 Å². The van der Waals surface area contributed by atoms with Gasteiger partial charge < -0.3 is 9.32 Å². The van der Waals surface area contributed by atoms with Gasteiger partial charge in [-0.25, -0.2) is 0 Å². The molecule has 0 fully saturated rings. The Morgan fingerprint density at radius 2 is 1.79 bits per heavy atom. The van der Waals surface area contributed by atoms with Crippen LogP contribution in [0.4, 0.5) is 0 Å². The van der Waals surface area contributed by atoms with Crippen molar-refractivity contribution in [3.8, 4) is 0 Å². The summed E-state index contributed by atoms with van der Waals surface area (Å²) in [6, 6.07) is 14.9. The van der Waals surface area contributed by atoms with Gasteiger partial charge in [-0.2, -0.15) is 0 Å². The third kappa shape index (κ3) is 3.14. The maximum Gasteiger partial charge on any atom is 0.290 e. The molecule has 2 aromatic carbocycles. The van der Waals surface area contributed by atoms with Gasteiger partial charge in [0.2, 0.25) is 5.76 Å². The van der Waals surface area contributed by atoms with E-state index in [-0.39, 0.29) is 17.1 Å². The van der Waals surface area contributed by atoms with Crippen molar-refractivity contribution < 1.29 is 9.21 Å². The molecule has 1 unspecified atom stereocenters. The first-order valence-electron chi connectivity index (χ1n) is 9.66. The van der Waals surface area contributed by atoms with Gasteiger partial charge in [-0.05, 0) is 42.5 Å². The number of fused-ring (bicyclic) bond motifs is 2. The molecule has 0 aliphatic carbocycles. The second-order valence-corrected chi connectivity index (χ2v) is 7.93. The summed E-state index contributed by atoms with van der Waals surface area (Å²) in [4.78, 5) is 29.4. The van der Waals surface area contributed by atoms with E-state index < -0.39 is 6.04 Å². The number of rotatable bonds is 6. The molecule has 4 nitrogen and oxygen atoms in total. The molecule has 144 valence electrons. The fourth-order valence-corrected chi connectivity index (χ4v) is 4.27. The Balaban J connectivity index is 1.88. The van der Waals surface area contributed by atoms with Gasteiger partial charge in [0, 0.05) is 11.4 Å². The number of hydrogen-bond acceptors (Lipinski definition) is 4. The number of carbonyl (C=O) groups excluding carboxylic acids is 1. The Morgan fingerprint density at radius 3 is 2.50 bits per heavy atom. The third-order valence-corrected chi connectivity index (χ3v) is 6.05. The van der Waals surface area contributed by atoms with Gasteiger partial charge in [0.1, 0.15) is 5.58 Å². The molecule has 1 atom stereocenters. The number of nitrogens with zero attached hydrogens (tertiary/aromatic N) is 1. The number of amides is 1. The van der Waals surface area contributed by atoms with Crippen molar-refractivity contribution in [2.24, 2.45) is 0 Å². The molecule has 3 aromatic rings. The normalized spacial score (nSPS) is 16.0. The molecule has 0 spiro atoms. The Bertz CT molecular complexity index is 1070. The zero-order chi connectivity index (χ0) is 19.7. The smallest absolute Gasteiger partial charge is 0.290 e. The summed E-state index contributed by atoms with van der Waals surface area (Å²) in [5.74, 6) is 0.00652. The number of carbonyl (C=O) groups is 1. The summed E-state index contributed by atoms with van der Waals surface area (Å²) in [6.45, 7) is 2.75. The maximum absolute atomic E-state index is 13.3. The first kappa shape index (κ1) is 18.8. The van der Waals surface area contributed by atoms with Crippen LogP contribution in [0.3, 0.4) is 0 Å². The summed E-state index contributed by atoms with van der Waals surface area (Å²) in [6.07, 6.45) is 5.05. The molecule has 5 heteroatoms. The largest absolute Gasteiger partial charge is 0.450 e. The van der Waals surface area contributed by atoms with Gasteiger partial charge in [0.15, 0.2) is 5.43 Å². The quantitative estimate of drug-likeness (QED) is 0.424. The average Bonchev–Trinajstić information content (AvgIpc) is 3.01. The molecule has 1 aliphatic rings. The second kappa shape index (κ2) is 7.84. The van der Waals surface area contributed by atoms with E-state index in [1.54, 1.807) is 28.8 Å². The van der Waals surface area contributed by atoms with Crippen LogP contribution in [0.2, 0.25) is 0 Å². The monoisotopic (exact) mass is 393 g/mol. The average molecular weight is 394 g/mol. The lowest BCUT2D eigenvalue weighted by Gasteiger charge is -2.25. The van der Waals surface area contributed by atoms with Crippen LogP contribution in [0.1, 0.15) is 53.9 Å². The summed E-state index contributed by atoms with van der Waals surface area (Å²) >= 11 is 1.67. The lowest BCUT2D eigenvalue weighted by Crippen LogP contribution is -2.30. The highest BCUT2D eigenvalue weighted by molar-refractivity contribution is 7.98. The van der Waals surface area contributed by atoms with Crippen LogP contribution in [0.25, 0.3) is 11.0 Å². The predicted octanol–water partition coefficient (Wildman–Crippen LogP) is 5.25. The third-order valence-electron chi connectivity index (χ3n) is 5.31. The highest BCUT2D eigenvalue weighted by Gasteiger charge is 2.42. The molecule has 0 radical (unpaired) electrons. The number of hydrogen-bond donors (Lipinski definition) is 0. The van der Waals surface area contributed by atoms with E-state index in [0.29, 0.717) is 23.1 Å². The van der Waals surface area contributed by atoms with Gasteiger partial charge in [-0.1, -0.05) is 44.0 Å². The molecule has 0 saturated carbocycles. The molecule has 28 heavy (non-hydrogen) atoms. The van der Waals surface area contributed by atoms with Crippen LogP contribution in [0.5, 0.6) is 0 Å². The van der Waals surface area contributed by atoms with E-state index in [4.69, 9.17) is 4.42 Å². The zero-order valence-corrected chi connectivity index (χ0v) is 16.9. The Labute approximate surface area is 168 Å². The highest BCUT2D eigenvalue weighted by Crippen LogP contribution is 2.38. The van der Waals surface area contributed by atoms with Crippen molar-refractivity contribution in [2.45, 2.75) is 37.1 Å². The Hall–Kier alpha value is -2.53. The van der Waals surface area contributed by atoms with Crippen molar-refractivity contribution in [3.05, 3.63) is 75.6 Å². The lowest BCUT2D eigenvalue weighted by atomic mass is 9.98.